The van der Waals surface area contributed by atoms with Crippen LogP contribution in [0.1, 0.15) is 18.9 Å². The molecular weight excluding hydrogens is 380 g/mol. The second-order valence-corrected chi connectivity index (χ2v) is 7.75. The summed E-state index contributed by atoms with van der Waals surface area (Å²) >= 11 is 7.60. The Morgan fingerprint density at radius 1 is 1.26 bits per heavy atom. The molecule has 1 aromatic heterocycles. The smallest absolute Gasteiger partial charge is 0.237 e. The highest BCUT2D eigenvalue weighted by Gasteiger charge is 2.20. The molecule has 1 unspecified atom stereocenters. The zero-order valence-corrected chi connectivity index (χ0v) is 17.0. The number of halogens is 1. The number of carbonyl (C=O) groups excluding carboxylic acids is 1. The fourth-order valence-electron chi connectivity index (χ4n) is 2.83. The van der Waals surface area contributed by atoms with Crippen LogP contribution in [0.5, 0.6) is 5.75 Å². The highest BCUT2D eigenvalue weighted by Crippen LogP contribution is 2.32. The Bertz CT molecular complexity index is 978. The number of ether oxygens (including phenoxy) is 1. The number of methoxy groups -OCH3 is 1. The SMILES string of the molecule is CCC(Sc1cc(C)c2cccc(OC)c2n1)C(=O)Nc1ccccc1Cl. The maximum Gasteiger partial charge on any atom is 0.237 e. The zero-order valence-electron chi connectivity index (χ0n) is 15.5. The molecule has 0 saturated heterocycles. The molecular formula is C21H21ClN2O2S. The van der Waals surface area contributed by atoms with Gasteiger partial charge in [0.05, 0.1) is 28.1 Å². The van der Waals surface area contributed by atoms with E-state index in [1.54, 1.807) is 19.2 Å². The van der Waals surface area contributed by atoms with Crippen molar-refractivity contribution in [3.8, 4) is 5.75 Å². The molecule has 1 amide bonds. The van der Waals surface area contributed by atoms with Gasteiger partial charge >= 0.3 is 0 Å². The fourth-order valence-corrected chi connectivity index (χ4v) is 4.03. The second kappa shape index (κ2) is 8.63. The number of aryl methyl sites for hydroxylation is 1. The number of hydrogen-bond donors (Lipinski definition) is 1. The van der Waals surface area contributed by atoms with Gasteiger partial charge in [0.25, 0.3) is 0 Å². The quantitative estimate of drug-likeness (QED) is 0.538. The number of aromatic nitrogens is 1. The van der Waals surface area contributed by atoms with E-state index in [1.165, 1.54) is 11.8 Å². The van der Waals surface area contributed by atoms with Crippen molar-refractivity contribution in [2.75, 3.05) is 12.4 Å². The molecule has 0 spiro atoms. The van der Waals surface area contributed by atoms with Gasteiger partial charge in [-0.2, -0.15) is 0 Å². The van der Waals surface area contributed by atoms with Gasteiger partial charge in [0, 0.05) is 5.39 Å². The second-order valence-electron chi connectivity index (χ2n) is 6.12. The maximum absolute atomic E-state index is 12.7. The van der Waals surface area contributed by atoms with Crippen molar-refractivity contribution in [2.45, 2.75) is 30.5 Å². The maximum atomic E-state index is 12.7. The molecule has 6 heteroatoms. The molecule has 1 heterocycles. The van der Waals surface area contributed by atoms with Crippen molar-refractivity contribution >= 4 is 45.9 Å². The van der Waals surface area contributed by atoms with Gasteiger partial charge in [0.15, 0.2) is 0 Å². The molecule has 0 bridgehead atoms. The molecule has 0 saturated carbocycles. The van der Waals surface area contributed by atoms with E-state index >= 15 is 0 Å². The average Bonchev–Trinajstić information content (AvgIpc) is 2.67. The minimum Gasteiger partial charge on any atom is -0.494 e. The molecule has 0 fully saturated rings. The number of pyridine rings is 1. The van der Waals surface area contributed by atoms with E-state index in [9.17, 15) is 4.79 Å². The van der Waals surface area contributed by atoms with Gasteiger partial charge in [-0.3, -0.25) is 4.79 Å². The van der Waals surface area contributed by atoms with Gasteiger partial charge in [-0.1, -0.05) is 54.6 Å². The summed E-state index contributed by atoms with van der Waals surface area (Å²) in [6.45, 7) is 4.02. The highest BCUT2D eigenvalue weighted by atomic mass is 35.5. The Kier molecular flexibility index (Phi) is 6.24. The first kappa shape index (κ1) is 19.5. The number of amides is 1. The van der Waals surface area contributed by atoms with Crippen molar-refractivity contribution in [3.63, 3.8) is 0 Å². The number of para-hydroxylation sites is 2. The third-order valence-electron chi connectivity index (χ3n) is 4.26. The molecule has 0 radical (unpaired) electrons. The Hall–Kier alpha value is -2.24. The van der Waals surface area contributed by atoms with Gasteiger partial charge in [-0.05, 0) is 43.2 Å². The first-order valence-corrected chi connectivity index (χ1v) is 9.95. The number of hydrogen-bond acceptors (Lipinski definition) is 4. The summed E-state index contributed by atoms with van der Waals surface area (Å²) in [7, 11) is 1.64. The Morgan fingerprint density at radius 3 is 2.74 bits per heavy atom. The minimum atomic E-state index is -0.277. The topological polar surface area (TPSA) is 51.2 Å². The molecule has 3 rings (SSSR count). The zero-order chi connectivity index (χ0) is 19.4. The molecule has 3 aromatic rings. The summed E-state index contributed by atoms with van der Waals surface area (Å²) in [5.74, 6) is 0.641. The van der Waals surface area contributed by atoms with E-state index in [2.05, 4.69) is 5.32 Å². The third-order valence-corrected chi connectivity index (χ3v) is 5.88. The number of anilines is 1. The first-order valence-electron chi connectivity index (χ1n) is 8.70. The molecule has 4 nitrogen and oxygen atoms in total. The van der Waals surface area contributed by atoms with Crippen LogP contribution in [0.25, 0.3) is 10.9 Å². The summed E-state index contributed by atoms with van der Waals surface area (Å²) < 4.78 is 5.44. The molecule has 1 atom stereocenters. The minimum absolute atomic E-state index is 0.0878. The summed E-state index contributed by atoms with van der Waals surface area (Å²) in [6.07, 6.45) is 0.672. The van der Waals surface area contributed by atoms with Gasteiger partial charge < -0.3 is 10.1 Å². The number of carbonyl (C=O) groups is 1. The lowest BCUT2D eigenvalue weighted by Gasteiger charge is -2.16. The molecule has 1 N–H and O–H groups in total. The number of nitrogens with zero attached hydrogens (tertiary/aromatic N) is 1. The third kappa shape index (κ3) is 4.37. The summed E-state index contributed by atoms with van der Waals surface area (Å²) in [5.41, 5.74) is 2.53. The van der Waals surface area contributed by atoms with Crippen molar-refractivity contribution in [2.24, 2.45) is 0 Å². The van der Waals surface area contributed by atoms with Crippen molar-refractivity contribution in [3.05, 3.63) is 59.1 Å². The van der Waals surface area contributed by atoms with Crippen molar-refractivity contribution < 1.29 is 9.53 Å². The number of rotatable bonds is 6. The van der Waals surface area contributed by atoms with Crippen LogP contribution >= 0.6 is 23.4 Å². The van der Waals surface area contributed by atoms with Crippen LogP contribution in [0, 0.1) is 6.92 Å². The van der Waals surface area contributed by atoms with E-state index in [-0.39, 0.29) is 11.2 Å². The molecule has 0 aliphatic heterocycles. The predicted molar refractivity (Wildman–Crippen MR) is 113 cm³/mol. The van der Waals surface area contributed by atoms with Crippen LogP contribution in [0.15, 0.2) is 53.6 Å². The average molecular weight is 401 g/mol. The standard InChI is InChI=1S/C21H21ClN2O2S/c1-4-18(21(25)23-16-10-6-5-9-15(16)22)27-19-12-13(2)14-8-7-11-17(26-3)20(14)24-19/h5-12,18H,4H2,1-3H3,(H,23,25). The van der Waals surface area contributed by atoms with E-state index in [0.717, 1.165) is 27.2 Å². The molecule has 0 aliphatic rings. The van der Waals surface area contributed by atoms with Gasteiger partial charge in [-0.25, -0.2) is 4.98 Å². The molecule has 27 heavy (non-hydrogen) atoms. The van der Waals surface area contributed by atoms with Crippen molar-refractivity contribution in [1.82, 2.24) is 4.98 Å². The van der Waals surface area contributed by atoms with E-state index < -0.39 is 0 Å². The number of benzene rings is 2. The van der Waals surface area contributed by atoms with Crippen LogP contribution in [0.2, 0.25) is 5.02 Å². The highest BCUT2D eigenvalue weighted by molar-refractivity contribution is 8.00. The molecule has 2 aromatic carbocycles. The van der Waals surface area contributed by atoms with Gasteiger partial charge in [0.1, 0.15) is 11.3 Å². The first-order chi connectivity index (χ1) is 13.0. The largest absolute Gasteiger partial charge is 0.494 e. The van der Waals surface area contributed by atoms with Crippen LogP contribution in [-0.2, 0) is 4.79 Å². The Morgan fingerprint density at radius 2 is 2.04 bits per heavy atom. The Labute approximate surface area is 168 Å². The normalized spacial score (nSPS) is 12.0. The van der Waals surface area contributed by atoms with E-state index in [4.69, 9.17) is 21.3 Å². The van der Waals surface area contributed by atoms with Gasteiger partial charge in [0.2, 0.25) is 5.91 Å². The van der Waals surface area contributed by atoms with Crippen LogP contribution in [0.4, 0.5) is 5.69 Å². The Balaban J connectivity index is 1.86. The van der Waals surface area contributed by atoms with Crippen molar-refractivity contribution in [1.29, 1.82) is 0 Å². The number of nitrogens with one attached hydrogen (secondary N) is 1. The lowest BCUT2D eigenvalue weighted by molar-refractivity contribution is -0.115. The summed E-state index contributed by atoms with van der Waals surface area (Å²) in [4.78, 5) is 17.5. The summed E-state index contributed by atoms with van der Waals surface area (Å²) in [5, 5.41) is 5.00. The molecule has 140 valence electrons. The number of thioether (sulfide) groups is 1. The lowest BCUT2D eigenvalue weighted by atomic mass is 10.1. The van der Waals surface area contributed by atoms with E-state index in [0.29, 0.717) is 17.1 Å². The summed E-state index contributed by atoms with van der Waals surface area (Å²) in [6, 6.07) is 15.1. The predicted octanol–water partition coefficient (Wildman–Crippen LogP) is 5.71. The molecule has 0 aliphatic carbocycles. The van der Waals surface area contributed by atoms with Crippen LogP contribution in [-0.4, -0.2) is 23.3 Å². The van der Waals surface area contributed by atoms with E-state index in [1.807, 2.05) is 50.2 Å². The lowest BCUT2D eigenvalue weighted by Crippen LogP contribution is -2.24. The number of fused-ring (bicyclic) bond motifs is 1. The van der Waals surface area contributed by atoms with Crippen LogP contribution < -0.4 is 10.1 Å². The monoisotopic (exact) mass is 400 g/mol. The fraction of sp³-hybridized carbons (Fsp3) is 0.238. The van der Waals surface area contributed by atoms with Crippen LogP contribution in [0.3, 0.4) is 0 Å². The van der Waals surface area contributed by atoms with Gasteiger partial charge in [-0.15, -0.1) is 0 Å².